The van der Waals surface area contributed by atoms with E-state index in [1.807, 2.05) is 0 Å². The molecule has 0 N–H and O–H groups in total. The molecule has 3 heteroatoms. The van der Waals surface area contributed by atoms with Crippen LogP contribution in [0.2, 0.25) is 0 Å². The fourth-order valence-corrected chi connectivity index (χ4v) is 4.98. The van der Waals surface area contributed by atoms with Gasteiger partial charge in [-0.05, 0) is 38.8 Å². The fourth-order valence-electron chi connectivity index (χ4n) is 4.98. The van der Waals surface area contributed by atoms with E-state index in [0.29, 0.717) is 29.7 Å². The first-order chi connectivity index (χ1) is 8.84. The Morgan fingerprint density at radius 2 is 1.28 bits per heavy atom. The van der Waals surface area contributed by atoms with Crippen LogP contribution in [0.3, 0.4) is 0 Å². The van der Waals surface area contributed by atoms with E-state index in [0.717, 1.165) is 13.1 Å². The molecule has 0 unspecified atom stereocenters. The first kappa shape index (κ1) is 11.4. The second-order valence-electron chi connectivity index (χ2n) is 6.73. The number of carbonyl (C=O) groups excluding carboxylic acids is 1. The van der Waals surface area contributed by atoms with Gasteiger partial charge in [0.25, 0.3) is 0 Å². The fraction of sp³-hybridized carbons (Fsp3) is 0.933. The van der Waals surface area contributed by atoms with Crippen molar-refractivity contribution in [3.8, 4) is 0 Å². The summed E-state index contributed by atoms with van der Waals surface area (Å²) in [5.74, 6) is 1.32. The standard InChI is InChI=1S/C15H24N2O/c18-15-11-9-17-8-4-2-6-14(17)12(15)10-16-7-3-1-5-13(11)16/h11-14H,1-10H2/t11-,12-,13-,14+/m0/s1. The first-order valence-electron chi connectivity index (χ1n) is 7.86. The molecular formula is C15H24N2O. The molecule has 0 amide bonds. The minimum absolute atomic E-state index is 0.346. The van der Waals surface area contributed by atoms with Crippen LogP contribution in [0.1, 0.15) is 38.5 Å². The molecule has 0 aliphatic carbocycles. The predicted molar refractivity (Wildman–Crippen MR) is 70.4 cm³/mol. The van der Waals surface area contributed by atoms with Gasteiger partial charge in [0.15, 0.2) is 0 Å². The monoisotopic (exact) mass is 248 g/mol. The Labute approximate surface area is 110 Å². The molecule has 0 saturated carbocycles. The van der Waals surface area contributed by atoms with Gasteiger partial charge in [-0.2, -0.15) is 0 Å². The zero-order valence-electron chi connectivity index (χ0n) is 11.2. The van der Waals surface area contributed by atoms with E-state index in [4.69, 9.17) is 0 Å². The van der Waals surface area contributed by atoms with Gasteiger partial charge in [0, 0.05) is 37.0 Å². The summed E-state index contributed by atoms with van der Waals surface area (Å²) in [6.07, 6.45) is 7.89. The van der Waals surface area contributed by atoms with Gasteiger partial charge in [-0.15, -0.1) is 0 Å². The van der Waals surface area contributed by atoms with Gasteiger partial charge >= 0.3 is 0 Å². The summed E-state index contributed by atoms with van der Waals surface area (Å²) in [4.78, 5) is 18.0. The van der Waals surface area contributed by atoms with Crippen LogP contribution in [0.5, 0.6) is 0 Å². The zero-order chi connectivity index (χ0) is 12.1. The summed E-state index contributed by atoms with van der Waals surface area (Å²) in [5, 5.41) is 0. The molecule has 4 aliphatic heterocycles. The Kier molecular flexibility index (Phi) is 2.73. The average Bonchev–Trinajstić information content (AvgIpc) is 2.40. The Balaban J connectivity index is 1.63. The van der Waals surface area contributed by atoms with Gasteiger partial charge in [0.1, 0.15) is 5.78 Å². The SMILES string of the molecule is O=C1[C@H]2CN3CCCC[C@H]3[C@@H]1CN1CCCC[C@H]21. The van der Waals surface area contributed by atoms with Gasteiger partial charge in [0.2, 0.25) is 0 Å². The van der Waals surface area contributed by atoms with Crippen LogP contribution in [0.15, 0.2) is 0 Å². The van der Waals surface area contributed by atoms with Gasteiger partial charge < -0.3 is 0 Å². The summed E-state index contributed by atoms with van der Waals surface area (Å²) in [7, 11) is 0. The zero-order valence-corrected chi connectivity index (χ0v) is 11.2. The molecule has 4 saturated heterocycles. The van der Waals surface area contributed by atoms with E-state index in [-0.39, 0.29) is 0 Å². The number of ketones is 1. The molecule has 0 radical (unpaired) electrons. The predicted octanol–water partition coefficient (Wildman–Crippen LogP) is 1.52. The minimum atomic E-state index is 0.346. The van der Waals surface area contributed by atoms with Gasteiger partial charge in [0.05, 0.1) is 0 Å². The lowest BCUT2D eigenvalue weighted by atomic mass is 9.70. The largest absolute Gasteiger partial charge is 0.299 e. The lowest BCUT2D eigenvalue weighted by molar-refractivity contribution is -0.150. The van der Waals surface area contributed by atoms with Crippen molar-refractivity contribution >= 4 is 5.78 Å². The molecule has 4 heterocycles. The highest BCUT2D eigenvalue weighted by atomic mass is 16.1. The van der Waals surface area contributed by atoms with Crippen LogP contribution in [-0.2, 0) is 4.79 Å². The van der Waals surface area contributed by atoms with E-state index in [9.17, 15) is 4.79 Å². The number of carbonyl (C=O) groups is 1. The van der Waals surface area contributed by atoms with Crippen molar-refractivity contribution in [1.82, 2.24) is 9.80 Å². The molecule has 0 spiro atoms. The maximum Gasteiger partial charge on any atom is 0.144 e. The Morgan fingerprint density at radius 1 is 0.778 bits per heavy atom. The quantitative estimate of drug-likeness (QED) is 0.649. The number of hydrogen-bond donors (Lipinski definition) is 0. The van der Waals surface area contributed by atoms with Crippen molar-refractivity contribution < 1.29 is 4.79 Å². The second-order valence-corrected chi connectivity index (χ2v) is 6.73. The molecule has 3 nitrogen and oxygen atoms in total. The molecule has 0 aromatic rings. The molecule has 0 aromatic heterocycles. The number of fused-ring (bicyclic) bond motifs is 6. The summed E-state index contributed by atoms with van der Waals surface area (Å²) in [5.41, 5.74) is 0. The maximum atomic E-state index is 12.7. The van der Waals surface area contributed by atoms with Crippen molar-refractivity contribution in [2.75, 3.05) is 26.2 Å². The van der Waals surface area contributed by atoms with Crippen LogP contribution < -0.4 is 0 Å². The van der Waals surface area contributed by atoms with Crippen LogP contribution in [-0.4, -0.2) is 53.8 Å². The lowest BCUT2D eigenvalue weighted by Crippen LogP contribution is -2.67. The van der Waals surface area contributed by atoms with Crippen molar-refractivity contribution in [2.24, 2.45) is 11.8 Å². The van der Waals surface area contributed by atoms with Gasteiger partial charge in [-0.3, -0.25) is 14.6 Å². The maximum absolute atomic E-state index is 12.7. The summed E-state index contributed by atoms with van der Waals surface area (Å²) < 4.78 is 0. The molecule has 2 bridgehead atoms. The normalized spacial score (nSPS) is 45.4. The van der Waals surface area contributed by atoms with Crippen molar-refractivity contribution in [1.29, 1.82) is 0 Å². The number of piperidine rings is 4. The topological polar surface area (TPSA) is 23.6 Å². The molecular weight excluding hydrogens is 224 g/mol. The average molecular weight is 248 g/mol. The van der Waals surface area contributed by atoms with E-state index >= 15 is 0 Å². The second kappa shape index (κ2) is 4.31. The van der Waals surface area contributed by atoms with Crippen LogP contribution in [0.4, 0.5) is 0 Å². The third-order valence-corrected chi connectivity index (χ3v) is 5.85. The number of rotatable bonds is 0. The third kappa shape index (κ3) is 1.60. The van der Waals surface area contributed by atoms with E-state index in [2.05, 4.69) is 9.80 Å². The highest BCUT2D eigenvalue weighted by Gasteiger charge is 2.51. The molecule has 100 valence electrons. The first-order valence-corrected chi connectivity index (χ1v) is 7.86. The van der Waals surface area contributed by atoms with Crippen LogP contribution in [0, 0.1) is 11.8 Å². The van der Waals surface area contributed by atoms with Crippen molar-refractivity contribution in [3.05, 3.63) is 0 Å². The van der Waals surface area contributed by atoms with E-state index < -0.39 is 0 Å². The highest BCUT2D eigenvalue weighted by molar-refractivity contribution is 5.87. The number of Topliss-reactive ketones (excluding diaryl/α,β-unsaturated/α-hetero) is 1. The van der Waals surface area contributed by atoms with Gasteiger partial charge in [-0.25, -0.2) is 0 Å². The molecule has 4 aliphatic rings. The Morgan fingerprint density at radius 3 is 1.78 bits per heavy atom. The van der Waals surface area contributed by atoms with Crippen LogP contribution in [0.25, 0.3) is 0 Å². The Bertz CT molecular complexity index is 324. The van der Waals surface area contributed by atoms with Crippen molar-refractivity contribution in [3.63, 3.8) is 0 Å². The molecule has 0 aromatic carbocycles. The molecule has 4 rings (SSSR count). The lowest BCUT2D eigenvalue weighted by Gasteiger charge is -2.55. The van der Waals surface area contributed by atoms with Crippen LogP contribution >= 0.6 is 0 Å². The number of hydrogen-bond acceptors (Lipinski definition) is 3. The number of nitrogens with zero attached hydrogens (tertiary/aromatic N) is 2. The van der Waals surface area contributed by atoms with Gasteiger partial charge in [-0.1, -0.05) is 12.8 Å². The smallest absolute Gasteiger partial charge is 0.144 e. The van der Waals surface area contributed by atoms with E-state index in [1.54, 1.807) is 0 Å². The van der Waals surface area contributed by atoms with Crippen molar-refractivity contribution in [2.45, 2.75) is 50.6 Å². The minimum Gasteiger partial charge on any atom is -0.299 e. The molecule has 4 fully saturated rings. The highest BCUT2D eigenvalue weighted by Crippen LogP contribution is 2.40. The molecule has 18 heavy (non-hydrogen) atoms. The summed E-state index contributed by atoms with van der Waals surface area (Å²) >= 11 is 0. The third-order valence-electron chi connectivity index (χ3n) is 5.85. The summed E-state index contributed by atoms with van der Waals surface area (Å²) in [6, 6.07) is 1.18. The van der Waals surface area contributed by atoms with E-state index in [1.165, 1.54) is 51.6 Å². The summed E-state index contributed by atoms with van der Waals surface area (Å²) in [6.45, 7) is 4.64. The molecule has 4 atom stereocenters. The Hall–Kier alpha value is -0.410.